The molecule has 0 unspecified atom stereocenters. The maximum atomic E-state index is 12.8. The Labute approximate surface area is 182 Å². The number of aromatic amines is 1. The predicted octanol–water partition coefficient (Wildman–Crippen LogP) is 1.36. The summed E-state index contributed by atoms with van der Waals surface area (Å²) in [5.41, 5.74) is 7.78. The van der Waals surface area contributed by atoms with Crippen LogP contribution in [-0.4, -0.2) is 59.4 Å². The number of amides is 2. The Morgan fingerprint density at radius 3 is 2.61 bits per heavy atom. The number of anilines is 2. The average molecular weight is 439 g/mol. The molecule has 1 fully saturated rings. The van der Waals surface area contributed by atoms with Crippen molar-refractivity contribution in [2.75, 3.05) is 42.9 Å². The van der Waals surface area contributed by atoms with Crippen molar-refractivity contribution in [3.05, 3.63) is 64.0 Å². The molecule has 1 saturated heterocycles. The molecule has 0 bridgehead atoms. The Kier molecular flexibility index (Phi) is 6.10. The molecule has 3 aromatic rings. The zero-order valence-electron chi connectivity index (χ0n) is 16.7. The highest BCUT2D eigenvalue weighted by atomic mass is 32.1. The van der Waals surface area contributed by atoms with Gasteiger partial charge in [-0.1, -0.05) is 12.1 Å². The van der Waals surface area contributed by atoms with E-state index in [-0.39, 0.29) is 23.9 Å². The second-order valence-corrected chi connectivity index (χ2v) is 8.04. The summed E-state index contributed by atoms with van der Waals surface area (Å²) in [4.78, 5) is 46.4. The van der Waals surface area contributed by atoms with E-state index in [9.17, 15) is 14.4 Å². The number of primary amides is 1. The van der Waals surface area contributed by atoms with Gasteiger partial charge in [0.05, 0.1) is 17.9 Å². The molecule has 0 aliphatic carbocycles. The molecule has 0 atom stereocenters. The summed E-state index contributed by atoms with van der Waals surface area (Å²) in [5, 5.41) is 5.31. The van der Waals surface area contributed by atoms with E-state index >= 15 is 0 Å². The topological polar surface area (TPSA) is 124 Å². The van der Waals surface area contributed by atoms with Gasteiger partial charge in [-0.25, -0.2) is 4.98 Å². The van der Waals surface area contributed by atoms with Crippen molar-refractivity contribution >= 4 is 34.5 Å². The summed E-state index contributed by atoms with van der Waals surface area (Å²) < 4.78 is 0. The van der Waals surface area contributed by atoms with E-state index in [0.29, 0.717) is 16.4 Å². The molecule has 1 aliphatic heterocycles. The van der Waals surface area contributed by atoms with Gasteiger partial charge in [0, 0.05) is 49.4 Å². The number of benzene rings is 1. The van der Waals surface area contributed by atoms with Gasteiger partial charge in [-0.05, 0) is 18.2 Å². The van der Waals surface area contributed by atoms with Crippen LogP contribution in [0.15, 0.2) is 52.8 Å². The fraction of sp³-hybridized carbons (Fsp3) is 0.238. The number of pyridine rings is 1. The number of nitrogens with one attached hydrogen (secondary N) is 2. The van der Waals surface area contributed by atoms with Gasteiger partial charge in [-0.3, -0.25) is 19.3 Å². The number of carbonyl (C=O) groups excluding carboxylic acids is 2. The van der Waals surface area contributed by atoms with Crippen LogP contribution in [0.25, 0.3) is 10.6 Å². The van der Waals surface area contributed by atoms with Crippen molar-refractivity contribution in [2.24, 2.45) is 5.73 Å². The van der Waals surface area contributed by atoms with Crippen LogP contribution in [0.4, 0.5) is 11.4 Å². The first-order chi connectivity index (χ1) is 15.0. The highest BCUT2D eigenvalue weighted by molar-refractivity contribution is 7.13. The molecule has 4 rings (SSSR count). The van der Waals surface area contributed by atoms with Crippen LogP contribution in [0.2, 0.25) is 0 Å². The summed E-state index contributed by atoms with van der Waals surface area (Å²) in [5.74, 6) is -0.627. The normalized spacial score (nSPS) is 14.4. The Bertz CT molecular complexity index is 1130. The molecule has 31 heavy (non-hydrogen) atoms. The number of aromatic nitrogens is 2. The van der Waals surface area contributed by atoms with Crippen molar-refractivity contribution in [3.63, 3.8) is 0 Å². The number of H-pyrrole nitrogens is 1. The lowest BCUT2D eigenvalue weighted by molar-refractivity contribution is -0.119. The molecule has 9 nitrogen and oxygen atoms in total. The number of para-hydroxylation sites is 2. The zero-order valence-corrected chi connectivity index (χ0v) is 17.5. The maximum Gasteiger partial charge on any atom is 0.275 e. The van der Waals surface area contributed by atoms with E-state index < -0.39 is 0 Å². The molecule has 2 amide bonds. The van der Waals surface area contributed by atoms with E-state index in [1.807, 2.05) is 29.2 Å². The van der Waals surface area contributed by atoms with Crippen LogP contribution in [0.3, 0.4) is 0 Å². The van der Waals surface area contributed by atoms with E-state index in [2.05, 4.69) is 20.2 Å². The van der Waals surface area contributed by atoms with Gasteiger partial charge in [0.1, 0.15) is 10.7 Å². The fourth-order valence-electron chi connectivity index (χ4n) is 3.46. The number of nitrogens with zero attached hydrogens (tertiary/aromatic N) is 3. The van der Waals surface area contributed by atoms with Crippen molar-refractivity contribution in [2.45, 2.75) is 0 Å². The first-order valence-corrected chi connectivity index (χ1v) is 10.7. The van der Waals surface area contributed by atoms with Gasteiger partial charge in [0.25, 0.3) is 5.91 Å². The quantitative estimate of drug-likeness (QED) is 0.534. The van der Waals surface area contributed by atoms with Crippen LogP contribution in [0.1, 0.15) is 10.5 Å². The lowest BCUT2D eigenvalue weighted by Gasteiger charge is -2.36. The number of rotatable bonds is 6. The van der Waals surface area contributed by atoms with Gasteiger partial charge < -0.3 is 20.9 Å². The van der Waals surface area contributed by atoms with Crippen LogP contribution >= 0.6 is 11.3 Å². The first-order valence-electron chi connectivity index (χ1n) is 9.80. The molecule has 10 heteroatoms. The van der Waals surface area contributed by atoms with E-state index in [1.54, 1.807) is 17.6 Å². The van der Waals surface area contributed by atoms with Gasteiger partial charge >= 0.3 is 0 Å². The monoisotopic (exact) mass is 438 g/mol. The third-order valence-corrected chi connectivity index (χ3v) is 5.90. The SMILES string of the molecule is NC(=O)CN1CCN(c2ccccc2NC(=O)c2csc(-c3ccc(=O)[nH]c3)n2)CC1. The second-order valence-electron chi connectivity index (χ2n) is 7.18. The first kappa shape index (κ1) is 20.8. The van der Waals surface area contributed by atoms with Crippen molar-refractivity contribution in [1.82, 2.24) is 14.9 Å². The predicted molar refractivity (Wildman–Crippen MR) is 120 cm³/mol. The van der Waals surface area contributed by atoms with Gasteiger partial charge in [-0.15, -0.1) is 11.3 Å². The summed E-state index contributed by atoms with van der Waals surface area (Å²) in [6, 6.07) is 10.7. The Morgan fingerprint density at radius 1 is 1.13 bits per heavy atom. The van der Waals surface area contributed by atoms with Crippen LogP contribution in [-0.2, 0) is 4.79 Å². The Hall–Kier alpha value is -3.50. The van der Waals surface area contributed by atoms with Crippen molar-refractivity contribution < 1.29 is 9.59 Å². The third-order valence-electron chi connectivity index (χ3n) is 5.01. The lowest BCUT2D eigenvalue weighted by Crippen LogP contribution is -2.49. The molecule has 0 saturated carbocycles. The maximum absolute atomic E-state index is 12.8. The van der Waals surface area contributed by atoms with Crippen LogP contribution < -0.4 is 21.5 Å². The summed E-state index contributed by atoms with van der Waals surface area (Å²) in [6.07, 6.45) is 1.58. The molecule has 1 aliphatic rings. The zero-order chi connectivity index (χ0) is 21.8. The van der Waals surface area contributed by atoms with E-state index in [4.69, 9.17) is 5.73 Å². The number of hydrogen-bond acceptors (Lipinski definition) is 7. The van der Waals surface area contributed by atoms with Crippen LogP contribution in [0, 0.1) is 0 Å². The molecule has 0 radical (unpaired) electrons. The minimum Gasteiger partial charge on any atom is -0.369 e. The third kappa shape index (κ3) is 4.98. The molecule has 4 N–H and O–H groups in total. The van der Waals surface area contributed by atoms with Gasteiger partial charge in [0.15, 0.2) is 0 Å². The van der Waals surface area contributed by atoms with Crippen molar-refractivity contribution in [3.8, 4) is 10.6 Å². The molecular weight excluding hydrogens is 416 g/mol. The van der Waals surface area contributed by atoms with Gasteiger partial charge in [-0.2, -0.15) is 0 Å². The smallest absolute Gasteiger partial charge is 0.275 e. The highest BCUT2D eigenvalue weighted by Crippen LogP contribution is 2.28. The van der Waals surface area contributed by atoms with E-state index in [1.165, 1.54) is 17.4 Å². The number of thiazole rings is 1. The number of hydrogen-bond donors (Lipinski definition) is 3. The number of carbonyl (C=O) groups is 2. The highest BCUT2D eigenvalue weighted by Gasteiger charge is 2.21. The molecule has 3 heterocycles. The molecule has 160 valence electrons. The average Bonchev–Trinajstić information content (AvgIpc) is 3.25. The minimum atomic E-state index is -0.328. The Balaban J connectivity index is 1.46. The summed E-state index contributed by atoms with van der Waals surface area (Å²) >= 11 is 1.34. The largest absolute Gasteiger partial charge is 0.369 e. The molecule has 1 aromatic carbocycles. The van der Waals surface area contributed by atoms with Crippen LogP contribution in [0.5, 0.6) is 0 Å². The molecule has 0 spiro atoms. The standard InChI is InChI=1S/C21H22N6O3S/c22-18(28)12-26-7-9-27(10-8-26)17-4-2-1-3-15(17)24-20(30)16-13-31-21(25-16)14-5-6-19(29)23-11-14/h1-6,11,13H,7-10,12H2,(H2,22,28)(H,23,29)(H,24,30). The second kappa shape index (κ2) is 9.11. The summed E-state index contributed by atoms with van der Waals surface area (Å²) in [6.45, 7) is 3.16. The molecular formula is C21H22N6O3S. The van der Waals surface area contributed by atoms with Crippen molar-refractivity contribution in [1.29, 1.82) is 0 Å². The Morgan fingerprint density at radius 2 is 1.90 bits per heavy atom. The van der Waals surface area contributed by atoms with E-state index in [0.717, 1.165) is 37.4 Å². The minimum absolute atomic E-state index is 0.190. The lowest BCUT2D eigenvalue weighted by atomic mass is 10.2. The number of piperazine rings is 1. The van der Waals surface area contributed by atoms with Gasteiger partial charge in [0.2, 0.25) is 11.5 Å². The number of nitrogens with two attached hydrogens (primary N) is 1. The fourth-order valence-corrected chi connectivity index (χ4v) is 4.26. The molecule has 2 aromatic heterocycles. The summed E-state index contributed by atoms with van der Waals surface area (Å²) in [7, 11) is 0.